The highest BCUT2D eigenvalue weighted by Crippen LogP contribution is 2.21. The fraction of sp³-hybridized carbons (Fsp3) is 0.316. The van der Waals surface area contributed by atoms with Crippen molar-refractivity contribution in [2.24, 2.45) is 0 Å². The maximum Gasteiger partial charge on any atom is 0.323 e. The molecule has 0 fully saturated rings. The Kier molecular flexibility index (Phi) is 6.81. The minimum atomic E-state index is -4.06. The number of benzene rings is 2. The molecule has 0 spiro atoms. The molecule has 0 aliphatic carbocycles. The number of carbonyl (C=O) groups is 1. The van der Waals surface area contributed by atoms with Crippen LogP contribution in [0.5, 0.6) is 11.5 Å². The number of methoxy groups -OCH3 is 2. The lowest BCUT2D eigenvalue weighted by Gasteiger charge is -2.24. The fourth-order valence-corrected chi connectivity index (χ4v) is 3.82. The van der Waals surface area contributed by atoms with Crippen molar-refractivity contribution < 1.29 is 27.8 Å². The van der Waals surface area contributed by atoms with Crippen LogP contribution in [0.4, 0.5) is 0 Å². The monoisotopic (exact) mass is 393 g/mol. The largest absolute Gasteiger partial charge is 0.497 e. The summed E-state index contributed by atoms with van der Waals surface area (Å²) in [5.74, 6) is -0.0751. The van der Waals surface area contributed by atoms with Gasteiger partial charge in [-0.25, -0.2) is 8.42 Å². The predicted octanol–water partition coefficient (Wildman–Crippen LogP) is 2.51. The number of rotatable bonds is 9. The number of sulfonamides is 1. The summed E-state index contributed by atoms with van der Waals surface area (Å²) in [5, 5.41) is 7.65. The van der Waals surface area contributed by atoms with E-state index in [1.807, 2.05) is 0 Å². The van der Waals surface area contributed by atoms with Gasteiger partial charge in [0.1, 0.15) is 11.5 Å². The van der Waals surface area contributed by atoms with Crippen LogP contribution in [0.2, 0.25) is 0 Å². The lowest BCUT2D eigenvalue weighted by molar-refractivity contribution is -0.136. The highest BCUT2D eigenvalue weighted by molar-refractivity contribution is 7.90. The van der Waals surface area contributed by atoms with Crippen molar-refractivity contribution in [2.45, 2.75) is 25.3 Å². The zero-order valence-electron chi connectivity index (χ0n) is 15.5. The van der Waals surface area contributed by atoms with Gasteiger partial charge in [0, 0.05) is 13.1 Å². The third kappa shape index (κ3) is 5.21. The summed E-state index contributed by atoms with van der Waals surface area (Å²) in [7, 11) is -0.966. The fourth-order valence-electron chi connectivity index (χ4n) is 2.46. The summed E-state index contributed by atoms with van der Waals surface area (Å²) in [5.41, 5.74) is 1.45. The van der Waals surface area contributed by atoms with Crippen molar-refractivity contribution >= 4 is 16.0 Å². The van der Waals surface area contributed by atoms with Crippen LogP contribution >= 0.6 is 0 Å². The van der Waals surface area contributed by atoms with E-state index in [-0.39, 0.29) is 13.1 Å². The molecule has 0 heterocycles. The Morgan fingerprint density at radius 2 is 1.30 bits per heavy atom. The van der Waals surface area contributed by atoms with E-state index >= 15 is 0 Å². The van der Waals surface area contributed by atoms with Gasteiger partial charge in [-0.3, -0.25) is 4.79 Å². The number of hydrogen-bond acceptors (Lipinski definition) is 5. The maximum absolute atomic E-state index is 12.8. The van der Waals surface area contributed by atoms with Gasteiger partial charge in [0.05, 0.1) is 14.2 Å². The number of carboxylic acids is 1. The van der Waals surface area contributed by atoms with Crippen LogP contribution < -0.4 is 9.47 Å². The summed E-state index contributed by atoms with van der Waals surface area (Å²) in [4.78, 5) is 11.3. The molecule has 1 atom stereocenters. The Morgan fingerprint density at radius 3 is 1.59 bits per heavy atom. The second kappa shape index (κ2) is 8.88. The van der Waals surface area contributed by atoms with Gasteiger partial charge in [0.25, 0.3) is 0 Å². The van der Waals surface area contributed by atoms with Gasteiger partial charge < -0.3 is 14.6 Å². The van der Waals surface area contributed by atoms with Crippen molar-refractivity contribution in [2.75, 3.05) is 14.2 Å². The summed E-state index contributed by atoms with van der Waals surface area (Å²) in [6.07, 6.45) is 0. The van der Waals surface area contributed by atoms with Crippen molar-refractivity contribution in [3.63, 3.8) is 0 Å². The lowest BCUT2D eigenvalue weighted by Crippen LogP contribution is -2.40. The molecule has 8 heteroatoms. The zero-order valence-corrected chi connectivity index (χ0v) is 16.3. The van der Waals surface area contributed by atoms with Crippen molar-refractivity contribution in [3.8, 4) is 11.5 Å². The lowest BCUT2D eigenvalue weighted by atomic mass is 10.2. The summed E-state index contributed by atoms with van der Waals surface area (Å²) in [6, 6.07) is 13.9. The first kappa shape index (κ1) is 20.7. The SMILES string of the molecule is COc1ccc(CN(Cc2ccc(OC)cc2)S(=O)(=O)C(C)C(=O)O)cc1. The van der Waals surface area contributed by atoms with Crippen LogP contribution in [0.1, 0.15) is 18.1 Å². The van der Waals surface area contributed by atoms with Crippen molar-refractivity contribution in [1.82, 2.24) is 4.31 Å². The third-order valence-electron chi connectivity index (χ3n) is 4.19. The molecule has 1 unspecified atom stereocenters. The Labute approximate surface area is 159 Å². The van der Waals surface area contributed by atoms with Crippen LogP contribution in [0.15, 0.2) is 48.5 Å². The van der Waals surface area contributed by atoms with E-state index in [2.05, 4.69) is 0 Å². The van der Waals surface area contributed by atoms with Gasteiger partial charge in [-0.15, -0.1) is 0 Å². The second-order valence-electron chi connectivity index (χ2n) is 5.99. The number of nitrogens with zero attached hydrogens (tertiary/aromatic N) is 1. The molecule has 2 rings (SSSR count). The number of carboxylic acid groups (broad SMARTS) is 1. The highest BCUT2D eigenvalue weighted by atomic mass is 32.2. The van der Waals surface area contributed by atoms with E-state index in [9.17, 15) is 18.3 Å². The predicted molar refractivity (Wildman–Crippen MR) is 101 cm³/mol. The van der Waals surface area contributed by atoms with E-state index in [4.69, 9.17) is 9.47 Å². The minimum Gasteiger partial charge on any atom is -0.497 e. The van der Waals surface area contributed by atoms with E-state index in [1.165, 1.54) is 11.2 Å². The van der Waals surface area contributed by atoms with Crippen LogP contribution in [0.3, 0.4) is 0 Å². The molecule has 2 aromatic rings. The van der Waals surface area contributed by atoms with Crippen molar-refractivity contribution in [1.29, 1.82) is 0 Å². The summed E-state index contributed by atoms with van der Waals surface area (Å²) >= 11 is 0. The molecule has 0 bridgehead atoms. The second-order valence-corrected chi connectivity index (χ2v) is 8.24. The van der Waals surface area contributed by atoms with Gasteiger partial charge >= 0.3 is 5.97 Å². The van der Waals surface area contributed by atoms with Gasteiger partial charge in [0.15, 0.2) is 5.25 Å². The standard InChI is InChI=1S/C19H23NO6S/c1-14(19(21)22)27(23,24)20(12-15-4-8-17(25-2)9-5-15)13-16-6-10-18(26-3)11-7-16/h4-11,14H,12-13H2,1-3H3,(H,21,22). The van der Waals surface area contributed by atoms with Gasteiger partial charge in [-0.05, 0) is 42.3 Å². The molecule has 7 nitrogen and oxygen atoms in total. The molecular weight excluding hydrogens is 370 g/mol. The van der Waals surface area contributed by atoms with Gasteiger partial charge in [-0.2, -0.15) is 4.31 Å². The average Bonchev–Trinajstić information content (AvgIpc) is 2.67. The Balaban J connectivity index is 2.32. The summed E-state index contributed by atoms with van der Waals surface area (Å²) in [6.45, 7) is 1.28. The molecule has 1 N–H and O–H groups in total. The van der Waals surface area contributed by atoms with Crippen LogP contribution in [0.25, 0.3) is 0 Å². The Morgan fingerprint density at radius 1 is 0.926 bits per heavy atom. The van der Waals surface area contributed by atoms with Crippen LogP contribution in [0, 0.1) is 0 Å². The maximum atomic E-state index is 12.8. The number of ether oxygens (including phenoxy) is 2. The molecular formula is C19H23NO6S. The smallest absolute Gasteiger partial charge is 0.323 e. The first-order chi connectivity index (χ1) is 12.8. The van der Waals surface area contributed by atoms with Gasteiger partial charge in [-0.1, -0.05) is 24.3 Å². The molecule has 0 saturated carbocycles. The normalized spacial score (nSPS) is 12.6. The van der Waals surface area contributed by atoms with Crippen molar-refractivity contribution in [3.05, 3.63) is 59.7 Å². The third-order valence-corrected chi connectivity index (χ3v) is 6.26. The quantitative estimate of drug-likeness (QED) is 0.704. The number of hydrogen-bond donors (Lipinski definition) is 1. The Hall–Kier alpha value is -2.58. The Bertz CT molecular complexity index is 813. The first-order valence-corrected chi connectivity index (χ1v) is 9.76. The zero-order chi connectivity index (χ0) is 20.0. The van der Waals surface area contributed by atoms with E-state index in [1.54, 1.807) is 62.8 Å². The van der Waals surface area contributed by atoms with E-state index < -0.39 is 21.2 Å². The summed E-state index contributed by atoms with van der Waals surface area (Å²) < 4.78 is 37.0. The molecule has 0 saturated heterocycles. The average molecular weight is 393 g/mol. The molecule has 146 valence electrons. The molecule has 0 radical (unpaired) electrons. The molecule has 2 aromatic carbocycles. The highest BCUT2D eigenvalue weighted by Gasteiger charge is 2.34. The minimum absolute atomic E-state index is 0.0516. The molecule has 0 aliphatic rings. The van der Waals surface area contributed by atoms with Gasteiger partial charge in [0.2, 0.25) is 10.0 Å². The number of aliphatic carboxylic acids is 1. The molecule has 27 heavy (non-hydrogen) atoms. The topological polar surface area (TPSA) is 93.1 Å². The van der Waals surface area contributed by atoms with Crippen LogP contribution in [-0.4, -0.2) is 43.3 Å². The molecule has 0 amide bonds. The van der Waals surface area contributed by atoms with Crippen LogP contribution in [-0.2, 0) is 27.9 Å². The van der Waals surface area contributed by atoms with E-state index in [0.717, 1.165) is 11.1 Å². The molecule has 0 aliphatic heterocycles. The van der Waals surface area contributed by atoms with E-state index in [0.29, 0.717) is 11.5 Å². The first-order valence-electron chi connectivity index (χ1n) is 8.25. The molecule has 0 aromatic heterocycles.